The fourth-order valence-corrected chi connectivity index (χ4v) is 4.54. The molecule has 2 aromatic carbocycles. The molecule has 180 valence electrons. The largest absolute Gasteiger partial charge is 0.369 e. The van der Waals surface area contributed by atoms with Crippen molar-refractivity contribution < 1.29 is 14.4 Å². The summed E-state index contributed by atoms with van der Waals surface area (Å²) in [7, 11) is 0. The summed E-state index contributed by atoms with van der Waals surface area (Å²) >= 11 is 6.11. The highest BCUT2D eigenvalue weighted by molar-refractivity contribution is 6.30. The molecular weight excluding hydrogens is 454 g/mol. The van der Waals surface area contributed by atoms with Crippen LogP contribution in [0.3, 0.4) is 0 Å². The minimum absolute atomic E-state index is 0.0754. The van der Waals surface area contributed by atoms with Crippen LogP contribution in [0.2, 0.25) is 5.02 Å². The Balaban J connectivity index is 1.32. The zero-order valence-electron chi connectivity index (χ0n) is 19.3. The first-order valence-corrected chi connectivity index (χ1v) is 11.9. The average Bonchev–Trinajstić information content (AvgIpc) is 2.82. The van der Waals surface area contributed by atoms with Gasteiger partial charge in [0.25, 0.3) is 0 Å². The van der Waals surface area contributed by atoms with E-state index in [2.05, 4.69) is 20.4 Å². The van der Waals surface area contributed by atoms with E-state index < -0.39 is 6.04 Å². The van der Waals surface area contributed by atoms with Crippen LogP contribution < -0.4 is 15.5 Å². The summed E-state index contributed by atoms with van der Waals surface area (Å²) in [6.45, 7) is 6.03. The van der Waals surface area contributed by atoms with Crippen LogP contribution in [0.25, 0.3) is 0 Å². The number of amides is 3. The SMILES string of the molecule is Cc1ccc(NC(=O)C[C@@H]2C(=O)NCCN2C(=O)CN2CCN(c3cccc(Cl)c3)CC2)cc1. The van der Waals surface area contributed by atoms with E-state index in [0.717, 1.165) is 37.4 Å². The van der Waals surface area contributed by atoms with Gasteiger partial charge >= 0.3 is 0 Å². The van der Waals surface area contributed by atoms with Crippen LogP contribution >= 0.6 is 11.6 Å². The summed E-state index contributed by atoms with van der Waals surface area (Å²) in [5, 5.41) is 6.31. The molecule has 0 bridgehead atoms. The van der Waals surface area contributed by atoms with Gasteiger partial charge in [0, 0.05) is 55.7 Å². The quantitative estimate of drug-likeness (QED) is 0.657. The Bertz CT molecular complexity index is 1040. The average molecular weight is 484 g/mol. The van der Waals surface area contributed by atoms with Gasteiger partial charge in [0.05, 0.1) is 13.0 Å². The number of carbonyl (C=O) groups is 3. The highest BCUT2D eigenvalue weighted by Gasteiger charge is 2.35. The maximum absolute atomic E-state index is 13.1. The van der Waals surface area contributed by atoms with Gasteiger partial charge in [-0.15, -0.1) is 0 Å². The first-order valence-electron chi connectivity index (χ1n) is 11.6. The van der Waals surface area contributed by atoms with Crippen molar-refractivity contribution in [3.63, 3.8) is 0 Å². The molecule has 0 aliphatic carbocycles. The van der Waals surface area contributed by atoms with Crippen molar-refractivity contribution in [2.24, 2.45) is 0 Å². The summed E-state index contributed by atoms with van der Waals surface area (Å²) < 4.78 is 0. The molecule has 2 aliphatic heterocycles. The lowest BCUT2D eigenvalue weighted by Gasteiger charge is -2.39. The van der Waals surface area contributed by atoms with Crippen molar-refractivity contribution in [1.82, 2.24) is 15.1 Å². The van der Waals surface area contributed by atoms with Gasteiger partial charge in [0.15, 0.2) is 0 Å². The molecule has 34 heavy (non-hydrogen) atoms. The van der Waals surface area contributed by atoms with E-state index in [1.165, 1.54) is 0 Å². The van der Waals surface area contributed by atoms with Gasteiger partial charge < -0.3 is 20.4 Å². The van der Waals surface area contributed by atoms with Crippen molar-refractivity contribution in [2.45, 2.75) is 19.4 Å². The van der Waals surface area contributed by atoms with Gasteiger partial charge in [-0.25, -0.2) is 0 Å². The number of nitrogens with one attached hydrogen (secondary N) is 2. The molecule has 2 aromatic rings. The third-order valence-corrected chi connectivity index (χ3v) is 6.50. The highest BCUT2D eigenvalue weighted by atomic mass is 35.5. The minimum Gasteiger partial charge on any atom is -0.369 e. The Kier molecular flexibility index (Phi) is 7.70. The van der Waals surface area contributed by atoms with Crippen molar-refractivity contribution in [2.75, 3.05) is 56.0 Å². The molecule has 0 spiro atoms. The number of anilines is 2. The summed E-state index contributed by atoms with van der Waals surface area (Å²) in [5.74, 6) is -0.706. The first-order chi connectivity index (χ1) is 16.4. The number of carbonyl (C=O) groups excluding carboxylic acids is 3. The molecule has 0 unspecified atom stereocenters. The summed E-state index contributed by atoms with van der Waals surface area (Å²) in [4.78, 5) is 44.2. The van der Waals surface area contributed by atoms with Crippen molar-refractivity contribution in [1.29, 1.82) is 0 Å². The van der Waals surface area contributed by atoms with Crippen LogP contribution in [-0.4, -0.2) is 79.4 Å². The second-order valence-corrected chi connectivity index (χ2v) is 9.19. The van der Waals surface area contributed by atoms with Crippen LogP contribution in [0, 0.1) is 6.92 Å². The summed E-state index contributed by atoms with van der Waals surface area (Å²) in [5.41, 5.74) is 2.84. The number of hydrogen-bond donors (Lipinski definition) is 2. The predicted octanol–water partition coefficient (Wildman–Crippen LogP) is 2.13. The predicted molar refractivity (Wildman–Crippen MR) is 133 cm³/mol. The molecule has 2 aliphatic rings. The lowest BCUT2D eigenvalue weighted by atomic mass is 10.1. The Morgan fingerprint density at radius 1 is 1.06 bits per heavy atom. The van der Waals surface area contributed by atoms with E-state index in [9.17, 15) is 14.4 Å². The lowest BCUT2D eigenvalue weighted by molar-refractivity contribution is -0.145. The zero-order valence-corrected chi connectivity index (χ0v) is 20.1. The van der Waals surface area contributed by atoms with Crippen molar-refractivity contribution >= 4 is 40.7 Å². The normalized spacial score (nSPS) is 19.0. The zero-order chi connectivity index (χ0) is 24.1. The summed E-state index contributed by atoms with van der Waals surface area (Å²) in [6, 6.07) is 14.4. The van der Waals surface area contributed by atoms with Crippen LogP contribution in [0.1, 0.15) is 12.0 Å². The Morgan fingerprint density at radius 2 is 1.79 bits per heavy atom. The Hall–Kier alpha value is -3.10. The molecule has 2 N–H and O–H groups in total. The van der Waals surface area contributed by atoms with E-state index >= 15 is 0 Å². The first kappa shape index (κ1) is 24.0. The number of hydrogen-bond acceptors (Lipinski definition) is 5. The van der Waals surface area contributed by atoms with Crippen LogP contribution in [0.4, 0.5) is 11.4 Å². The number of rotatable bonds is 6. The maximum Gasteiger partial charge on any atom is 0.243 e. The van der Waals surface area contributed by atoms with Gasteiger partial charge in [-0.2, -0.15) is 0 Å². The van der Waals surface area contributed by atoms with E-state index in [-0.39, 0.29) is 30.7 Å². The van der Waals surface area contributed by atoms with E-state index in [4.69, 9.17) is 11.6 Å². The van der Waals surface area contributed by atoms with Crippen molar-refractivity contribution in [3.8, 4) is 0 Å². The van der Waals surface area contributed by atoms with Gasteiger partial charge in [-0.3, -0.25) is 19.3 Å². The smallest absolute Gasteiger partial charge is 0.243 e. The van der Waals surface area contributed by atoms with Gasteiger partial charge in [0.2, 0.25) is 17.7 Å². The van der Waals surface area contributed by atoms with E-state index in [1.54, 1.807) is 4.90 Å². The third-order valence-electron chi connectivity index (χ3n) is 6.27. The van der Waals surface area contributed by atoms with Gasteiger partial charge in [0.1, 0.15) is 6.04 Å². The molecule has 9 heteroatoms. The molecule has 4 rings (SSSR count). The fourth-order valence-electron chi connectivity index (χ4n) is 4.36. The van der Waals surface area contributed by atoms with E-state index in [0.29, 0.717) is 23.8 Å². The van der Waals surface area contributed by atoms with Crippen LogP contribution in [-0.2, 0) is 14.4 Å². The second kappa shape index (κ2) is 10.9. The summed E-state index contributed by atoms with van der Waals surface area (Å²) in [6.07, 6.45) is -0.0754. The molecule has 2 heterocycles. The third kappa shape index (κ3) is 6.07. The molecule has 0 radical (unpaired) electrons. The lowest BCUT2D eigenvalue weighted by Crippen LogP contribution is -2.60. The van der Waals surface area contributed by atoms with Crippen LogP contribution in [0.5, 0.6) is 0 Å². The molecule has 0 saturated carbocycles. The number of benzene rings is 2. The highest BCUT2D eigenvalue weighted by Crippen LogP contribution is 2.21. The molecule has 3 amide bonds. The molecule has 1 atom stereocenters. The molecular formula is C25H30ClN5O3. The number of aryl methyl sites for hydroxylation is 1. The van der Waals surface area contributed by atoms with Crippen LogP contribution in [0.15, 0.2) is 48.5 Å². The molecule has 8 nitrogen and oxygen atoms in total. The van der Waals surface area contributed by atoms with E-state index in [1.807, 2.05) is 55.5 Å². The monoisotopic (exact) mass is 483 g/mol. The number of nitrogens with zero attached hydrogens (tertiary/aromatic N) is 3. The maximum atomic E-state index is 13.1. The van der Waals surface area contributed by atoms with Gasteiger partial charge in [-0.05, 0) is 37.3 Å². The Morgan fingerprint density at radius 3 is 2.50 bits per heavy atom. The molecule has 2 fully saturated rings. The fraction of sp³-hybridized carbons (Fsp3) is 0.400. The number of piperazine rings is 2. The Labute approximate surface area is 204 Å². The standard InChI is InChI=1S/C25H30ClN5O3/c1-18-5-7-20(8-6-18)28-23(32)16-22-25(34)27-9-10-31(22)24(33)17-29-11-13-30(14-12-29)21-4-2-3-19(26)15-21/h2-8,15,22H,9-14,16-17H2,1H3,(H,27,34)(H,28,32)/t22-/m1/s1. The number of halogens is 1. The van der Waals surface area contributed by atoms with Crippen molar-refractivity contribution in [3.05, 3.63) is 59.1 Å². The molecule has 0 aromatic heterocycles. The van der Waals surface area contributed by atoms with Gasteiger partial charge in [-0.1, -0.05) is 35.4 Å². The minimum atomic E-state index is -0.806. The molecule has 2 saturated heterocycles. The second-order valence-electron chi connectivity index (χ2n) is 8.76. The topological polar surface area (TPSA) is 85.0 Å².